The van der Waals surface area contributed by atoms with Gasteiger partial charge in [0.15, 0.2) is 0 Å². The first-order chi connectivity index (χ1) is 12.2. The summed E-state index contributed by atoms with van der Waals surface area (Å²) < 4.78 is 50.9. The molecule has 2 amide bonds. The van der Waals surface area contributed by atoms with Crippen LogP contribution in [0.1, 0.15) is 11.1 Å². The van der Waals surface area contributed by atoms with Crippen molar-refractivity contribution >= 4 is 31.9 Å². The second-order valence-corrected chi connectivity index (χ2v) is 9.51. The van der Waals surface area contributed by atoms with Crippen molar-refractivity contribution in [1.29, 1.82) is 0 Å². The van der Waals surface area contributed by atoms with Crippen LogP contribution in [0.5, 0.6) is 0 Å². The number of nitrogens with zero attached hydrogens (tertiary/aromatic N) is 2. The third kappa shape index (κ3) is 2.19. The number of hydrogen-bond donors (Lipinski definition) is 0. The molecule has 0 saturated heterocycles. The van der Waals surface area contributed by atoms with E-state index >= 15 is 0 Å². The topological polar surface area (TPSA) is 109 Å². The number of hydrogen-bond acceptors (Lipinski definition) is 6. The quantitative estimate of drug-likeness (QED) is 0.602. The lowest BCUT2D eigenvalue weighted by Gasteiger charge is -2.19. The lowest BCUT2D eigenvalue weighted by Crippen LogP contribution is -2.45. The molecule has 0 aliphatic carbocycles. The largest absolute Gasteiger partial charge is 0.327 e. The standard InChI is InChI=1S/C16H12N2O6S2/c19-15(17-9-11-5-1-3-7-13(11)25(17,21)22)16(20)18-10-12-6-2-4-8-14(12)26(18,23)24/h1-8H,9-10H2. The van der Waals surface area contributed by atoms with E-state index < -0.39 is 31.9 Å². The van der Waals surface area contributed by atoms with Crippen LogP contribution in [0.3, 0.4) is 0 Å². The summed E-state index contributed by atoms with van der Waals surface area (Å²) >= 11 is 0. The van der Waals surface area contributed by atoms with E-state index in [-0.39, 0.29) is 22.9 Å². The fraction of sp³-hybridized carbons (Fsp3) is 0.125. The zero-order valence-electron chi connectivity index (χ0n) is 13.2. The van der Waals surface area contributed by atoms with Crippen molar-refractivity contribution in [3.63, 3.8) is 0 Å². The molecule has 26 heavy (non-hydrogen) atoms. The SMILES string of the molecule is O=C(C(=O)N1Cc2ccccc2S1(=O)=O)N1Cc2ccccc2S1(=O)=O. The molecule has 0 atom stereocenters. The van der Waals surface area contributed by atoms with Gasteiger partial charge < -0.3 is 0 Å². The van der Waals surface area contributed by atoms with E-state index in [4.69, 9.17) is 0 Å². The van der Waals surface area contributed by atoms with Crippen LogP contribution >= 0.6 is 0 Å². The van der Waals surface area contributed by atoms with Crippen LogP contribution < -0.4 is 0 Å². The van der Waals surface area contributed by atoms with E-state index in [1.807, 2.05) is 0 Å². The minimum atomic E-state index is -4.18. The number of fused-ring (bicyclic) bond motifs is 2. The first-order valence-electron chi connectivity index (χ1n) is 7.54. The number of carbonyl (C=O) groups is 2. The molecule has 134 valence electrons. The Hall–Kier alpha value is -2.72. The second kappa shape index (κ2) is 5.39. The van der Waals surface area contributed by atoms with E-state index in [0.29, 0.717) is 19.7 Å². The number of rotatable bonds is 0. The average Bonchev–Trinajstić information content (AvgIpc) is 3.05. The Morgan fingerprint density at radius 3 is 1.35 bits per heavy atom. The summed E-state index contributed by atoms with van der Waals surface area (Å²) in [5.41, 5.74) is 0.752. The van der Waals surface area contributed by atoms with Gasteiger partial charge in [-0.1, -0.05) is 36.4 Å². The third-order valence-corrected chi connectivity index (χ3v) is 8.00. The van der Waals surface area contributed by atoms with Crippen LogP contribution in [-0.4, -0.2) is 37.3 Å². The zero-order chi connectivity index (χ0) is 18.7. The predicted molar refractivity (Wildman–Crippen MR) is 88.4 cm³/mol. The summed E-state index contributed by atoms with van der Waals surface area (Å²) in [5, 5.41) is 0. The third-order valence-electron chi connectivity index (χ3n) is 4.35. The Bertz CT molecular complexity index is 1080. The molecule has 0 spiro atoms. The fourth-order valence-corrected chi connectivity index (χ4v) is 6.18. The van der Waals surface area contributed by atoms with Gasteiger partial charge in [-0.05, 0) is 23.3 Å². The Labute approximate surface area is 149 Å². The lowest BCUT2D eigenvalue weighted by molar-refractivity contribution is -0.146. The molecular weight excluding hydrogens is 380 g/mol. The molecule has 8 nitrogen and oxygen atoms in total. The van der Waals surface area contributed by atoms with Crippen LogP contribution in [0.25, 0.3) is 0 Å². The molecule has 2 aliphatic heterocycles. The van der Waals surface area contributed by atoms with Crippen molar-refractivity contribution in [3.05, 3.63) is 59.7 Å². The van der Waals surface area contributed by atoms with Gasteiger partial charge in [-0.3, -0.25) is 9.59 Å². The first kappa shape index (κ1) is 16.7. The van der Waals surface area contributed by atoms with Crippen LogP contribution in [0.4, 0.5) is 0 Å². The van der Waals surface area contributed by atoms with Crippen molar-refractivity contribution in [3.8, 4) is 0 Å². The zero-order valence-corrected chi connectivity index (χ0v) is 14.8. The molecule has 0 saturated carbocycles. The van der Waals surface area contributed by atoms with Gasteiger partial charge in [-0.25, -0.2) is 25.4 Å². The molecule has 2 aromatic carbocycles. The monoisotopic (exact) mass is 392 g/mol. The van der Waals surface area contributed by atoms with E-state index in [9.17, 15) is 26.4 Å². The number of benzene rings is 2. The predicted octanol–water partition coefficient (Wildman–Crippen LogP) is 0.449. The maximum Gasteiger partial charge on any atom is 0.327 e. The summed E-state index contributed by atoms with van der Waals surface area (Å²) in [6.45, 7) is -0.603. The molecule has 0 bridgehead atoms. The molecule has 0 N–H and O–H groups in total. The smallest absolute Gasteiger partial charge is 0.262 e. The van der Waals surface area contributed by atoms with Crippen LogP contribution in [0, 0.1) is 0 Å². The van der Waals surface area contributed by atoms with Crippen molar-refractivity contribution in [2.75, 3.05) is 0 Å². The highest BCUT2D eigenvalue weighted by Crippen LogP contribution is 2.33. The van der Waals surface area contributed by atoms with E-state index in [1.54, 1.807) is 12.1 Å². The van der Waals surface area contributed by atoms with Gasteiger partial charge in [0.1, 0.15) is 0 Å². The highest BCUT2D eigenvalue weighted by molar-refractivity contribution is 7.90. The number of amides is 2. The minimum absolute atomic E-state index is 0.0614. The van der Waals surface area contributed by atoms with E-state index in [0.717, 1.165) is 0 Å². The minimum Gasteiger partial charge on any atom is -0.262 e. The number of sulfonamides is 2. The van der Waals surface area contributed by atoms with Crippen LogP contribution in [0.15, 0.2) is 58.3 Å². The molecule has 0 fully saturated rings. The molecule has 2 heterocycles. The molecule has 4 rings (SSSR count). The highest BCUT2D eigenvalue weighted by Gasteiger charge is 2.46. The van der Waals surface area contributed by atoms with E-state index in [2.05, 4.69) is 0 Å². The first-order valence-corrected chi connectivity index (χ1v) is 10.4. The summed E-state index contributed by atoms with van der Waals surface area (Å²) in [4.78, 5) is 25.0. The Morgan fingerprint density at radius 2 is 1.00 bits per heavy atom. The van der Waals surface area contributed by atoms with Gasteiger partial charge in [0.05, 0.1) is 22.9 Å². The summed E-state index contributed by atoms with van der Waals surface area (Å²) in [6, 6.07) is 12.0. The Kier molecular flexibility index (Phi) is 3.47. The summed E-state index contributed by atoms with van der Waals surface area (Å²) in [5.74, 6) is -2.78. The van der Waals surface area contributed by atoms with Crippen molar-refractivity contribution in [2.24, 2.45) is 0 Å². The second-order valence-electron chi connectivity index (χ2n) is 5.85. The Balaban J connectivity index is 1.68. The maximum atomic E-state index is 12.5. The molecular formula is C16H12N2O6S2. The fourth-order valence-electron chi connectivity index (χ4n) is 3.06. The highest BCUT2D eigenvalue weighted by atomic mass is 32.2. The summed E-state index contributed by atoms with van der Waals surface area (Å²) in [6.07, 6.45) is 0. The van der Waals surface area contributed by atoms with Gasteiger partial charge in [0, 0.05) is 0 Å². The molecule has 2 aliphatic rings. The van der Waals surface area contributed by atoms with Gasteiger partial charge in [-0.15, -0.1) is 0 Å². The molecule has 0 aromatic heterocycles. The van der Waals surface area contributed by atoms with Crippen LogP contribution in [0.2, 0.25) is 0 Å². The number of carbonyl (C=O) groups excluding carboxylic acids is 2. The van der Waals surface area contributed by atoms with Crippen LogP contribution in [-0.2, 0) is 42.7 Å². The van der Waals surface area contributed by atoms with Gasteiger partial charge >= 0.3 is 11.8 Å². The molecule has 0 unspecified atom stereocenters. The average molecular weight is 392 g/mol. The molecule has 2 aromatic rings. The maximum absolute atomic E-state index is 12.5. The van der Waals surface area contributed by atoms with Crippen molar-refractivity contribution in [2.45, 2.75) is 22.9 Å². The lowest BCUT2D eigenvalue weighted by atomic mass is 10.2. The van der Waals surface area contributed by atoms with Gasteiger partial charge in [0.25, 0.3) is 20.0 Å². The molecule has 10 heteroatoms. The normalized spacial score (nSPS) is 19.1. The summed E-state index contributed by atoms with van der Waals surface area (Å²) in [7, 11) is -8.37. The van der Waals surface area contributed by atoms with Crippen molar-refractivity contribution in [1.82, 2.24) is 8.61 Å². The molecule has 0 radical (unpaired) electrons. The van der Waals surface area contributed by atoms with Crippen molar-refractivity contribution < 1.29 is 26.4 Å². The Morgan fingerprint density at radius 1 is 0.654 bits per heavy atom. The van der Waals surface area contributed by atoms with Gasteiger partial charge in [-0.2, -0.15) is 0 Å². The van der Waals surface area contributed by atoms with E-state index in [1.165, 1.54) is 36.4 Å². The van der Waals surface area contributed by atoms with Gasteiger partial charge in [0.2, 0.25) is 0 Å².